The summed E-state index contributed by atoms with van der Waals surface area (Å²) in [5.74, 6) is 0.390. The maximum atomic E-state index is 12.9. The number of amides is 3. The van der Waals surface area contributed by atoms with Crippen LogP contribution in [0.2, 0.25) is 0 Å². The molecule has 160 valence electrons. The van der Waals surface area contributed by atoms with Gasteiger partial charge in [-0.15, -0.1) is 0 Å². The lowest BCUT2D eigenvalue weighted by atomic mass is 10.2. The van der Waals surface area contributed by atoms with Crippen LogP contribution in [0, 0.1) is 0 Å². The molecule has 2 heterocycles. The van der Waals surface area contributed by atoms with Gasteiger partial charge in [0, 0.05) is 44.3 Å². The summed E-state index contributed by atoms with van der Waals surface area (Å²) in [6.07, 6.45) is 5.50. The summed E-state index contributed by atoms with van der Waals surface area (Å²) in [5.41, 5.74) is 1.61. The molecule has 0 bridgehead atoms. The zero-order valence-electron chi connectivity index (χ0n) is 17.2. The predicted molar refractivity (Wildman–Crippen MR) is 113 cm³/mol. The van der Waals surface area contributed by atoms with Gasteiger partial charge in [0.25, 0.3) is 5.91 Å². The highest BCUT2D eigenvalue weighted by molar-refractivity contribution is 5.89. The number of carbonyl (C=O) groups excluding carboxylic acids is 2. The number of pyridine rings is 1. The minimum Gasteiger partial charge on any atom is -0.484 e. The van der Waals surface area contributed by atoms with Crippen molar-refractivity contribution in [1.29, 1.82) is 0 Å². The highest BCUT2D eigenvalue weighted by atomic mass is 16.5. The predicted octanol–water partition coefficient (Wildman–Crippen LogP) is 2.81. The van der Waals surface area contributed by atoms with Crippen molar-refractivity contribution in [2.45, 2.75) is 32.4 Å². The maximum Gasteiger partial charge on any atom is 0.322 e. The Morgan fingerprint density at radius 3 is 2.77 bits per heavy atom. The lowest BCUT2D eigenvalue weighted by Crippen LogP contribution is -2.39. The molecule has 30 heavy (non-hydrogen) atoms. The van der Waals surface area contributed by atoms with E-state index in [-0.39, 0.29) is 24.6 Å². The van der Waals surface area contributed by atoms with E-state index in [2.05, 4.69) is 15.6 Å². The largest absolute Gasteiger partial charge is 0.484 e. The van der Waals surface area contributed by atoms with Crippen molar-refractivity contribution in [3.8, 4) is 5.75 Å². The fraction of sp³-hybridized carbons (Fsp3) is 0.409. The number of rotatable bonds is 9. The van der Waals surface area contributed by atoms with E-state index in [1.807, 2.05) is 19.1 Å². The molecule has 0 spiro atoms. The Morgan fingerprint density at radius 2 is 2.10 bits per heavy atom. The molecule has 0 saturated carbocycles. The molecule has 1 aromatic heterocycles. The molecular formula is C22H28N4O4. The Hall–Kier alpha value is -3.13. The van der Waals surface area contributed by atoms with Crippen LogP contribution in [0.25, 0.3) is 0 Å². The summed E-state index contributed by atoms with van der Waals surface area (Å²) in [4.78, 5) is 30.3. The smallest absolute Gasteiger partial charge is 0.322 e. The number of ether oxygens (including phenoxy) is 2. The summed E-state index contributed by atoms with van der Waals surface area (Å²) in [6, 6.07) is 10.5. The first-order valence-corrected chi connectivity index (χ1v) is 10.2. The zero-order valence-corrected chi connectivity index (χ0v) is 17.2. The number of likely N-dealkylation sites (N-methyl/N-ethyl adjacent to an activating group) is 1. The second-order valence-electron chi connectivity index (χ2n) is 7.07. The van der Waals surface area contributed by atoms with Crippen LogP contribution in [0.15, 0.2) is 48.8 Å². The van der Waals surface area contributed by atoms with Gasteiger partial charge in [-0.25, -0.2) is 4.79 Å². The number of aromatic nitrogens is 1. The fourth-order valence-electron chi connectivity index (χ4n) is 3.20. The second kappa shape index (κ2) is 11.2. The normalized spacial score (nSPS) is 15.4. The fourth-order valence-corrected chi connectivity index (χ4v) is 3.20. The first-order chi connectivity index (χ1) is 14.6. The van der Waals surface area contributed by atoms with Crippen LogP contribution in [0.3, 0.4) is 0 Å². The number of hydrogen-bond acceptors (Lipinski definition) is 5. The molecule has 0 aliphatic carbocycles. The van der Waals surface area contributed by atoms with E-state index in [1.54, 1.807) is 41.6 Å². The number of hydrogen-bond donors (Lipinski definition) is 2. The summed E-state index contributed by atoms with van der Waals surface area (Å²) in [7, 11) is 0. The Bertz CT molecular complexity index is 808. The van der Waals surface area contributed by atoms with Crippen LogP contribution in [-0.2, 0) is 16.1 Å². The molecule has 2 N–H and O–H groups in total. The Balaban J connectivity index is 1.59. The first kappa shape index (κ1) is 21.6. The molecule has 1 fully saturated rings. The monoisotopic (exact) mass is 412 g/mol. The van der Waals surface area contributed by atoms with E-state index < -0.39 is 0 Å². The van der Waals surface area contributed by atoms with E-state index in [0.717, 1.165) is 25.0 Å². The lowest BCUT2D eigenvalue weighted by molar-refractivity contribution is -0.122. The summed E-state index contributed by atoms with van der Waals surface area (Å²) >= 11 is 0. The van der Waals surface area contributed by atoms with Gasteiger partial charge in [0.1, 0.15) is 5.75 Å². The molecule has 3 amide bonds. The molecule has 8 nitrogen and oxygen atoms in total. The topological polar surface area (TPSA) is 92.8 Å². The van der Waals surface area contributed by atoms with E-state index in [1.165, 1.54) is 0 Å². The van der Waals surface area contributed by atoms with Crippen molar-refractivity contribution in [2.75, 3.05) is 31.6 Å². The Kier molecular flexibility index (Phi) is 8.02. The van der Waals surface area contributed by atoms with Gasteiger partial charge in [-0.3, -0.25) is 9.78 Å². The number of nitrogens with one attached hydrogen (secondary N) is 2. The van der Waals surface area contributed by atoms with Crippen molar-refractivity contribution >= 4 is 17.6 Å². The third kappa shape index (κ3) is 6.73. The Morgan fingerprint density at radius 1 is 1.27 bits per heavy atom. The molecule has 0 radical (unpaired) electrons. The first-order valence-electron chi connectivity index (χ1n) is 10.2. The zero-order chi connectivity index (χ0) is 21.2. The van der Waals surface area contributed by atoms with Gasteiger partial charge in [0.05, 0.1) is 6.10 Å². The van der Waals surface area contributed by atoms with Gasteiger partial charge in [-0.2, -0.15) is 0 Å². The van der Waals surface area contributed by atoms with E-state index in [9.17, 15) is 9.59 Å². The molecule has 1 unspecified atom stereocenters. The Labute approximate surface area is 176 Å². The van der Waals surface area contributed by atoms with Gasteiger partial charge in [-0.1, -0.05) is 6.07 Å². The lowest BCUT2D eigenvalue weighted by Gasteiger charge is -2.26. The van der Waals surface area contributed by atoms with Crippen LogP contribution < -0.4 is 15.4 Å². The molecule has 1 atom stereocenters. The second-order valence-corrected chi connectivity index (χ2v) is 7.07. The molecule has 1 aliphatic heterocycles. The molecule has 3 rings (SSSR count). The number of carbonyl (C=O) groups is 2. The maximum absolute atomic E-state index is 12.9. The SMILES string of the molecule is CCNC(=O)COc1ccc(NC(=O)N(Cc2cccnc2)CC2CCCO2)cc1. The highest BCUT2D eigenvalue weighted by Crippen LogP contribution is 2.18. The molecular weight excluding hydrogens is 384 g/mol. The van der Waals surface area contributed by atoms with Gasteiger partial charge in [0.2, 0.25) is 0 Å². The summed E-state index contributed by atoms with van der Waals surface area (Å²) < 4.78 is 11.2. The third-order valence-corrected chi connectivity index (χ3v) is 4.68. The van der Waals surface area contributed by atoms with E-state index in [4.69, 9.17) is 9.47 Å². The van der Waals surface area contributed by atoms with Gasteiger partial charge >= 0.3 is 6.03 Å². The summed E-state index contributed by atoms with van der Waals surface area (Å²) in [5, 5.41) is 5.60. The van der Waals surface area contributed by atoms with E-state index in [0.29, 0.717) is 31.1 Å². The molecule has 8 heteroatoms. The van der Waals surface area contributed by atoms with Crippen molar-refractivity contribution in [3.05, 3.63) is 54.4 Å². The molecule has 1 aliphatic rings. The molecule has 1 aromatic carbocycles. The standard InChI is InChI=1S/C22H28N4O4/c1-2-24-21(27)16-30-19-9-7-18(8-10-19)25-22(28)26(15-20-6-4-12-29-20)14-17-5-3-11-23-13-17/h3,5,7-11,13,20H,2,4,6,12,14-16H2,1H3,(H,24,27)(H,25,28). The van der Waals surface area contributed by atoms with Crippen LogP contribution in [0.5, 0.6) is 5.75 Å². The van der Waals surface area contributed by atoms with Crippen LogP contribution >= 0.6 is 0 Å². The van der Waals surface area contributed by atoms with Gasteiger partial charge in [0.15, 0.2) is 6.61 Å². The highest BCUT2D eigenvalue weighted by Gasteiger charge is 2.23. The quantitative estimate of drug-likeness (QED) is 0.661. The van der Waals surface area contributed by atoms with Crippen molar-refractivity contribution in [2.24, 2.45) is 0 Å². The van der Waals surface area contributed by atoms with Gasteiger partial charge < -0.3 is 25.0 Å². The van der Waals surface area contributed by atoms with Crippen LogP contribution in [0.4, 0.5) is 10.5 Å². The number of anilines is 1. The third-order valence-electron chi connectivity index (χ3n) is 4.68. The van der Waals surface area contributed by atoms with E-state index >= 15 is 0 Å². The number of benzene rings is 1. The minimum absolute atomic E-state index is 0.0418. The van der Waals surface area contributed by atoms with Crippen LogP contribution in [-0.4, -0.2) is 54.2 Å². The molecule has 1 saturated heterocycles. The van der Waals surface area contributed by atoms with Crippen molar-refractivity contribution in [1.82, 2.24) is 15.2 Å². The van der Waals surface area contributed by atoms with Crippen molar-refractivity contribution < 1.29 is 19.1 Å². The number of nitrogens with zero attached hydrogens (tertiary/aromatic N) is 2. The minimum atomic E-state index is -0.203. The van der Waals surface area contributed by atoms with Crippen LogP contribution in [0.1, 0.15) is 25.3 Å². The summed E-state index contributed by atoms with van der Waals surface area (Å²) in [6.45, 7) is 4.09. The average molecular weight is 412 g/mol. The van der Waals surface area contributed by atoms with Gasteiger partial charge in [-0.05, 0) is 55.7 Å². The average Bonchev–Trinajstić information content (AvgIpc) is 3.27. The molecule has 2 aromatic rings. The van der Waals surface area contributed by atoms with Crippen molar-refractivity contribution in [3.63, 3.8) is 0 Å². The number of urea groups is 1.